The molecule has 3 N–H and O–H groups in total. The third-order valence-electron chi connectivity index (χ3n) is 5.91. The van der Waals surface area contributed by atoms with Crippen molar-refractivity contribution in [1.82, 2.24) is 21.1 Å². The molecule has 0 radical (unpaired) electrons. The van der Waals surface area contributed by atoms with Crippen LogP contribution in [0.5, 0.6) is 0 Å². The van der Waals surface area contributed by atoms with Crippen molar-refractivity contribution in [3.63, 3.8) is 0 Å². The Morgan fingerprint density at radius 2 is 1.81 bits per heavy atom. The first kappa shape index (κ1) is 28.5. The van der Waals surface area contributed by atoms with Crippen LogP contribution >= 0.6 is 11.3 Å². The lowest BCUT2D eigenvalue weighted by Gasteiger charge is -2.26. The van der Waals surface area contributed by atoms with Crippen LogP contribution in [0, 0.1) is 12.8 Å². The van der Waals surface area contributed by atoms with Gasteiger partial charge in [0.2, 0.25) is 11.8 Å². The zero-order chi connectivity index (χ0) is 27.2. The SMILES string of the molecule is COC[C@H](NC(=O)c1cc(C)on1)C(=O)N[C@@H](Cc1ccsc1)C(=O)N[C@@H](CC(C)C)C(=O)[C@@]1(C)CO1. The van der Waals surface area contributed by atoms with Crippen LogP contribution in [0.2, 0.25) is 0 Å². The molecule has 0 aromatic carbocycles. The molecule has 12 heteroatoms. The number of nitrogens with one attached hydrogen (secondary N) is 3. The maximum atomic E-state index is 13.4. The minimum absolute atomic E-state index is 0.0183. The monoisotopic (exact) mass is 534 g/mol. The van der Waals surface area contributed by atoms with E-state index in [1.807, 2.05) is 30.7 Å². The topological polar surface area (TPSA) is 152 Å². The van der Waals surface area contributed by atoms with Gasteiger partial charge in [-0.05, 0) is 48.6 Å². The highest BCUT2D eigenvalue weighted by atomic mass is 32.1. The number of methoxy groups -OCH3 is 1. The molecule has 2 aromatic heterocycles. The van der Waals surface area contributed by atoms with Crippen LogP contribution in [0.3, 0.4) is 0 Å². The molecule has 0 saturated carbocycles. The third-order valence-corrected chi connectivity index (χ3v) is 6.64. The van der Waals surface area contributed by atoms with Crippen molar-refractivity contribution in [3.8, 4) is 0 Å². The first-order valence-electron chi connectivity index (χ1n) is 12.1. The van der Waals surface area contributed by atoms with Crippen molar-refractivity contribution in [2.24, 2.45) is 5.92 Å². The number of nitrogens with zero attached hydrogens (tertiary/aromatic N) is 1. The van der Waals surface area contributed by atoms with Crippen LogP contribution < -0.4 is 16.0 Å². The van der Waals surface area contributed by atoms with Crippen LogP contribution in [0.25, 0.3) is 0 Å². The van der Waals surface area contributed by atoms with Gasteiger partial charge in [0.25, 0.3) is 5.91 Å². The molecule has 1 fully saturated rings. The van der Waals surface area contributed by atoms with Crippen molar-refractivity contribution in [2.75, 3.05) is 20.3 Å². The first-order valence-corrected chi connectivity index (χ1v) is 13.0. The molecule has 0 unspecified atom stereocenters. The molecule has 0 bridgehead atoms. The number of aryl methyl sites for hydroxylation is 1. The number of thiophene rings is 1. The summed E-state index contributed by atoms with van der Waals surface area (Å²) in [5.41, 5.74) is -0.0310. The van der Waals surface area contributed by atoms with E-state index in [1.165, 1.54) is 24.5 Å². The van der Waals surface area contributed by atoms with Crippen molar-refractivity contribution in [3.05, 3.63) is 39.9 Å². The zero-order valence-corrected chi connectivity index (χ0v) is 22.5. The number of amides is 3. The summed E-state index contributed by atoms with van der Waals surface area (Å²) in [6, 6.07) is 0.447. The second kappa shape index (κ2) is 12.4. The van der Waals surface area contributed by atoms with Crippen LogP contribution in [0.4, 0.5) is 0 Å². The maximum Gasteiger partial charge on any atom is 0.274 e. The number of hydrogen-bond donors (Lipinski definition) is 3. The Labute approximate surface area is 219 Å². The van der Waals surface area contributed by atoms with Gasteiger partial charge in [-0.2, -0.15) is 11.3 Å². The molecular formula is C25H34N4O7S. The van der Waals surface area contributed by atoms with Crippen molar-refractivity contribution in [2.45, 2.75) is 64.3 Å². The van der Waals surface area contributed by atoms with Crippen LogP contribution in [0.1, 0.15) is 49.0 Å². The fourth-order valence-electron chi connectivity index (χ4n) is 3.78. The Morgan fingerprint density at radius 1 is 1.14 bits per heavy atom. The van der Waals surface area contributed by atoms with Gasteiger partial charge in [0.15, 0.2) is 11.5 Å². The summed E-state index contributed by atoms with van der Waals surface area (Å²) in [6.07, 6.45) is 0.635. The molecule has 1 saturated heterocycles. The minimum atomic E-state index is -1.10. The Kier molecular flexibility index (Phi) is 9.57. The number of Topliss-reactive ketones (excluding diaryl/α,β-unsaturated/α-hetero) is 1. The molecule has 11 nitrogen and oxygen atoms in total. The Hall–Kier alpha value is -3.09. The van der Waals surface area contributed by atoms with Gasteiger partial charge in [-0.3, -0.25) is 19.2 Å². The molecule has 3 amide bonds. The summed E-state index contributed by atoms with van der Waals surface area (Å²) >= 11 is 1.47. The molecule has 4 atom stereocenters. The highest BCUT2D eigenvalue weighted by Gasteiger charge is 2.50. The van der Waals surface area contributed by atoms with Gasteiger partial charge in [-0.15, -0.1) is 0 Å². The van der Waals surface area contributed by atoms with E-state index in [-0.39, 0.29) is 30.4 Å². The van der Waals surface area contributed by atoms with E-state index in [0.717, 1.165) is 5.56 Å². The Bertz CT molecular complexity index is 1090. The molecule has 2 aromatic rings. The third kappa shape index (κ3) is 7.94. The normalized spacial score (nSPS) is 19.1. The van der Waals surface area contributed by atoms with E-state index in [0.29, 0.717) is 18.8 Å². The summed E-state index contributed by atoms with van der Waals surface area (Å²) in [7, 11) is 1.39. The Morgan fingerprint density at radius 3 is 2.35 bits per heavy atom. The number of ether oxygens (including phenoxy) is 2. The summed E-state index contributed by atoms with van der Waals surface area (Å²) in [6.45, 7) is 7.45. The minimum Gasteiger partial charge on any atom is -0.382 e. The molecular weight excluding hydrogens is 500 g/mol. The first-order chi connectivity index (χ1) is 17.5. The van der Waals surface area contributed by atoms with Crippen LogP contribution in [-0.4, -0.2) is 72.7 Å². The lowest BCUT2D eigenvalue weighted by Crippen LogP contribution is -2.58. The van der Waals surface area contributed by atoms with Gasteiger partial charge in [0.05, 0.1) is 19.3 Å². The van der Waals surface area contributed by atoms with Gasteiger partial charge in [0, 0.05) is 19.6 Å². The lowest BCUT2D eigenvalue weighted by atomic mass is 9.93. The van der Waals surface area contributed by atoms with E-state index in [2.05, 4.69) is 21.1 Å². The average molecular weight is 535 g/mol. The van der Waals surface area contributed by atoms with E-state index in [4.69, 9.17) is 14.0 Å². The van der Waals surface area contributed by atoms with Gasteiger partial charge < -0.3 is 29.9 Å². The molecule has 1 aliphatic heterocycles. The number of ketones is 1. The molecule has 0 spiro atoms. The van der Waals surface area contributed by atoms with E-state index < -0.39 is 41.4 Å². The molecule has 37 heavy (non-hydrogen) atoms. The van der Waals surface area contributed by atoms with Crippen molar-refractivity contribution >= 4 is 34.8 Å². The lowest BCUT2D eigenvalue weighted by molar-refractivity contribution is -0.133. The summed E-state index contributed by atoms with van der Waals surface area (Å²) in [4.78, 5) is 52.2. The number of rotatable bonds is 14. The summed E-state index contributed by atoms with van der Waals surface area (Å²) < 4.78 is 15.4. The van der Waals surface area contributed by atoms with Gasteiger partial charge >= 0.3 is 0 Å². The molecule has 3 rings (SSSR count). The fourth-order valence-corrected chi connectivity index (χ4v) is 4.46. The van der Waals surface area contributed by atoms with E-state index >= 15 is 0 Å². The quantitative estimate of drug-likeness (QED) is 0.308. The largest absolute Gasteiger partial charge is 0.382 e. The predicted molar refractivity (Wildman–Crippen MR) is 135 cm³/mol. The predicted octanol–water partition coefficient (Wildman–Crippen LogP) is 1.41. The zero-order valence-electron chi connectivity index (χ0n) is 21.7. The van der Waals surface area contributed by atoms with E-state index in [9.17, 15) is 19.2 Å². The second-order valence-electron chi connectivity index (χ2n) is 9.78. The average Bonchev–Trinajstić information content (AvgIpc) is 3.20. The maximum absolute atomic E-state index is 13.4. The van der Waals surface area contributed by atoms with Gasteiger partial charge in [-0.25, -0.2) is 0 Å². The van der Waals surface area contributed by atoms with Gasteiger partial charge in [-0.1, -0.05) is 19.0 Å². The smallest absolute Gasteiger partial charge is 0.274 e. The molecule has 202 valence electrons. The van der Waals surface area contributed by atoms with Crippen LogP contribution in [-0.2, 0) is 30.3 Å². The molecule has 1 aliphatic rings. The number of aromatic nitrogens is 1. The number of epoxide rings is 1. The standard InChI is InChI=1S/C25H34N4O7S/c1-14(2)8-17(21(30)25(4)13-35-25)26-22(31)18(10-16-6-7-37-12-16)27-24(33)20(11-34-5)28-23(32)19-9-15(3)36-29-19/h6-7,9,12,14,17-18,20H,8,10-11,13H2,1-5H3,(H,26,31)(H,27,33)(H,28,32)/t17-,18-,20-,25+/m0/s1. The number of carbonyl (C=O) groups is 4. The number of hydrogen-bond acceptors (Lipinski definition) is 9. The van der Waals surface area contributed by atoms with Crippen molar-refractivity contribution < 1.29 is 33.2 Å². The fraction of sp³-hybridized carbons (Fsp3) is 0.560. The van der Waals surface area contributed by atoms with Gasteiger partial charge in [0.1, 0.15) is 23.4 Å². The van der Waals surface area contributed by atoms with Crippen molar-refractivity contribution in [1.29, 1.82) is 0 Å². The summed E-state index contributed by atoms with van der Waals surface area (Å²) in [5, 5.41) is 15.5. The van der Waals surface area contributed by atoms with Crippen LogP contribution in [0.15, 0.2) is 27.4 Å². The highest BCUT2D eigenvalue weighted by molar-refractivity contribution is 7.07. The summed E-state index contributed by atoms with van der Waals surface area (Å²) in [5.74, 6) is -1.34. The van der Waals surface area contributed by atoms with E-state index in [1.54, 1.807) is 13.8 Å². The highest BCUT2D eigenvalue weighted by Crippen LogP contribution is 2.29. The molecule has 0 aliphatic carbocycles. The molecule has 3 heterocycles. The number of carbonyl (C=O) groups excluding carboxylic acids is 4. The Balaban J connectivity index is 1.75. The second-order valence-corrected chi connectivity index (χ2v) is 10.6.